The topological polar surface area (TPSA) is 32.3 Å². The lowest BCUT2D eigenvalue weighted by molar-refractivity contribution is 0.115. The molecule has 0 radical (unpaired) electrons. The standard InChI is InChI=1S/C16H23NOS/c18-16-9-3-1-2-8-14(16)17-15-11-19-10-12-6-4-5-7-13(12)15/h4-7,14-18H,1-3,8-11H2. The van der Waals surface area contributed by atoms with E-state index in [1.807, 2.05) is 11.8 Å². The second-order valence-corrected chi connectivity index (χ2v) is 6.78. The van der Waals surface area contributed by atoms with Crippen LogP contribution in [0.3, 0.4) is 0 Å². The molecule has 3 rings (SSSR count). The van der Waals surface area contributed by atoms with Gasteiger partial charge in [-0.05, 0) is 24.0 Å². The third-order valence-electron chi connectivity index (χ3n) is 4.37. The molecule has 19 heavy (non-hydrogen) atoms. The second kappa shape index (κ2) is 6.29. The van der Waals surface area contributed by atoms with Crippen molar-refractivity contribution in [2.45, 2.75) is 56.0 Å². The Kier molecular flexibility index (Phi) is 4.46. The van der Waals surface area contributed by atoms with E-state index in [4.69, 9.17) is 0 Å². The van der Waals surface area contributed by atoms with Crippen LogP contribution in [-0.4, -0.2) is 23.0 Å². The van der Waals surface area contributed by atoms with Crippen molar-refractivity contribution in [3.05, 3.63) is 35.4 Å². The number of hydrogen-bond donors (Lipinski definition) is 2. The molecule has 0 saturated heterocycles. The van der Waals surface area contributed by atoms with Gasteiger partial charge >= 0.3 is 0 Å². The van der Waals surface area contributed by atoms with Gasteiger partial charge in [0.1, 0.15) is 0 Å². The molecule has 2 nitrogen and oxygen atoms in total. The van der Waals surface area contributed by atoms with E-state index in [0.29, 0.717) is 6.04 Å². The fourth-order valence-corrected chi connectivity index (χ4v) is 4.37. The maximum absolute atomic E-state index is 10.3. The van der Waals surface area contributed by atoms with Crippen LogP contribution in [0, 0.1) is 0 Å². The fraction of sp³-hybridized carbons (Fsp3) is 0.625. The van der Waals surface area contributed by atoms with Crippen LogP contribution in [0.25, 0.3) is 0 Å². The van der Waals surface area contributed by atoms with Crippen LogP contribution >= 0.6 is 11.8 Å². The van der Waals surface area contributed by atoms with Gasteiger partial charge in [-0.1, -0.05) is 43.5 Å². The molecule has 3 unspecified atom stereocenters. The molecule has 0 amide bonds. The van der Waals surface area contributed by atoms with Crippen molar-refractivity contribution in [2.24, 2.45) is 0 Å². The maximum Gasteiger partial charge on any atom is 0.0693 e. The Morgan fingerprint density at radius 1 is 1.11 bits per heavy atom. The Hall–Kier alpha value is -0.510. The number of nitrogens with one attached hydrogen (secondary N) is 1. The Labute approximate surface area is 120 Å². The lowest BCUT2D eigenvalue weighted by atomic mass is 9.98. The van der Waals surface area contributed by atoms with Gasteiger partial charge in [0.2, 0.25) is 0 Å². The van der Waals surface area contributed by atoms with Gasteiger partial charge in [0.05, 0.1) is 6.10 Å². The molecule has 2 aliphatic rings. The van der Waals surface area contributed by atoms with Crippen molar-refractivity contribution in [1.29, 1.82) is 0 Å². The van der Waals surface area contributed by atoms with E-state index < -0.39 is 0 Å². The van der Waals surface area contributed by atoms with Crippen molar-refractivity contribution in [3.63, 3.8) is 0 Å². The number of aliphatic hydroxyl groups excluding tert-OH is 1. The first kappa shape index (κ1) is 13.5. The van der Waals surface area contributed by atoms with Crippen molar-refractivity contribution >= 4 is 11.8 Å². The normalized spacial score (nSPS) is 31.5. The minimum atomic E-state index is -0.165. The van der Waals surface area contributed by atoms with Gasteiger partial charge in [-0.25, -0.2) is 0 Å². The van der Waals surface area contributed by atoms with Crippen LogP contribution in [0.2, 0.25) is 0 Å². The molecule has 1 aliphatic heterocycles. The number of aliphatic hydroxyl groups is 1. The third-order valence-corrected chi connectivity index (χ3v) is 5.45. The molecule has 3 atom stereocenters. The lowest BCUT2D eigenvalue weighted by Gasteiger charge is -2.31. The van der Waals surface area contributed by atoms with Gasteiger partial charge in [0.15, 0.2) is 0 Å². The Morgan fingerprint density at radius 3 is 2.89 bits per heavy atom. The highest BCUT2D eigenvalue weighted by molar-refractivity contribution is 7.98. The fourth-order valence-electron chi connectivity index (χ4n) is 3.26. The Morgan fingerprint density at radius 2 is 1.95 bits per heavy atom. The molecule has 1 heterocycles. The molecule has 0 aromatic heterocycles. The van der Waals surface area contributed by atoms with E-state index in [9.17, 15) is 5.11 Å². The average Bonchev–Trinajstić information content (AvgIpc) is 2.65. The first-order chi connectivity index (χ1) is 9.34. The van der Waals surface area contributed by atoms with Crippen LogP contribution < -0.4 is 5.32 Å². The van der Waals surface area contributed by atoms with E-state index in [1.54, 1.807) is 0 Å². The highest BCUT2D eigenvalue weighted by Gasteiger charge is 2.27. The molecule has 3 heteroatoms. The quantitative estimate of drug-likeness (QED) is 0.814. The second-order valence-electron chi connectivity index (χ2n) is 5.75. The zero-order valence-electron chi connectivity index (χ0n) is 11.3. The average molecular weight is 277 g/mol. The van der Waals surface area contributed by atoms with E-state index in [0.717, 1.165) is 24.3 Å². The number of benzene rings is 1. The Balaban J connectivity index is 1.73. The van der Waals surface area contributed by atoms with Crippen molar-refractivity contribution in [2.75, 3.05) is 5.75 Å². The van der Waals surface area contributed by atoms with E-state index in [-0.39, 0.29) is 12.1 Å². The highest BCUT2D eigenvalue weighted by atomic mass is 32.2. The molecule has 1 aromatic carbocycles. The zero-order valence-corrected chi connectivity index (χ0v) is 12.2. The zero-order chi connectivity index (χ0) is 13.1. The van der Waals surface area contributed by atoms with Gasteiger partial charge in [0, 0.05) is 23.6 Å². The summed E-state index contributed by atoms with van der Waals surface area (Å²) >= 11 is 2.00. The molecule has 2 N–H and O–H groups in total. The van der Waals surface area contributed by atoms with Gasteiger partial charge in [-0.3, -0.25) is 0 Å². The van der Waals surface area contributed by atoms with Gasteiger partial charge < -0.3 is 10.4 Å². The minimum absolute atomic E-state index is 0.165. The van der Waals surface area contributed by atoms with E-state index in [1.165, 1.54) is 30.4 Å². The van der Waals surface area contributed by atoms with Crippen LogP contribution in [0.15, 0.2) is 24.3 Å². The molecule has 1 fully saturated rings. The summed E-state index contributed by atoms with van der Waals surface area (Å²) in [6.45, 7) is 0. The molecule has 1 saturated carbocycles. The monoisotopic (exact) mass is 277 g/mol. The van der Waals surface area contributed by atoms with Crippen molar-refractivity contribution in [3.8, 4) is 0 Å². The molecular weight excluding hydrogens is 254 g/mol. The van der Waals surface area contributed by atoms with Crippen molar-refractivity contribution in [1.82, 2.24) is 5.32 Å². The number of fused-ring (bicyclic) bond motifs is 1. The molecule has 0 bridgehead atoms. The molecular formula is C16H23NOS. The van der Waals surface area contributed by atoms with E-state index >= 15 is 0 Å². The van der Waals surface area contributed by atoms with Gasteiger partial charge in [-0.2, -0.15) is 11.8 Å². The molecule has 104 valence electrons. The summed E-state index contributed by atoms with van der Waals surface area (Å²) in [5.74, 6) is 2.25. The smallest absolute Gasteiger partial charge is 0.0693 e. The number of thioether (sulfide) groups is 1. The van der Waals surface area contributed by atoms with Crippen LogP contribution in [0.1, 0.15) is 49.3 Å². The van der Waals surface area contributed by atoms with Crippen molar-refractivity contribution < 1.29 is 5.11 Å². The third kappa shape index (κ3) is 3.15. The summed E-state index contributed by atoms with van der Waals surface area (Å²) in [4.78, 5) is 0. The van der Waals surface area contributed by atoms with Crippen LogP contribution in [0.4, 0.5) is 0 Å². The van der Waals surface area contributed by atoms with E-state index in [2.05, 4.69) is 29.6 Å². The lowest BCUT2D eigenvalue weighted by Crippen LogP contribution is -2.42. The Bertz CT molecular complexity index is 423. The summed E-state index contributed by atoms with van der Waals surface area (Å²) in [5.41, 5.74) is 2.90. The number of hydrogen-bond acceptors (Lipinski definition) is 3. The summed E-state index contributed by atoms with van der Waals surface area (Å²) in [5, 5.41) is 14.0. The molecule has 0 spiro atoms. The highest BCUT2D eigenvalue weighted by Crippen LogP contribution is 2.32. The van der Waals surface area contributed by atoms with Gasteiger partial charge in [0.25, 0.3) is 0 Å². The van der Waals surface area contributed by atoms with Crippen LogP contribution in [-0.2, 0) is 5.75 Å². The first-order valence-electron chi connectivity index (χ1n) is 7.44. The maximum atomic E-state index is 10.3. The molecule has 1 aromatic rings. The predicted molar refractivity (Wildman–Crippen MR) is 81.4 cm³/mol. The first-order valence-corrected chi connectivity index (χ1v) is 8.60. The summed E-state index contributed by atoms with van der Waals surface area (Å²) in [6.07, 6.45) is 5.60. The number of rotatable bonds is 2. The minimum Gasteiger partial charge on any atom is -0.392 e. The summed E-state index contributed by atoms with van der Waals surface area (Å²) < 4.78 is 0. The predicted octanol–water partition coefficient (Wildman–Crippen LogP) is 3.26. The summed E-state index contributed by atoms with van der Waals surface area (Å²) in [7, 11) is 0. The summed E-state index contributed by atoms with van der Waals surface area (Å²) in [6, 6.07) is 9.43. The SMILES string of the molecule is OC1CCCCCC1NC1CSCc2ccccc21. The molecule has 1 aliphatic carbocycles. The van der Waals surface area contributed by atoms with Gasteiger partial charge in [-0.15, -0.1) is 0 Å². The largest absolute Gasteiger partial charge is 0.392 e. The van der Waals surface area contributed by atoms with Crippen LogP contribution in [0.5, 0.6) is 0 Å².